The number of rotatable bonds is 7. The summed E-state index contributed by atoms with van der Waals surface area (Å²) in [4.78, 5) is 31.1. The Bertz CT molecular complexity index is 982. The van der Waals surface area contributed by atoms with Gasteiger partial charge >= 0.3 is 0 Å². The third-order valence-corrected chi connectivity index (χ3v) is 4.99. The van der Waals surface area contributed by atoms with Gasteiger partial charge in [-0.1, -0.05) is 29.8 Å². The van der Waals surface area contributed by atoms with Gasteiger partial charge in [0.1, 0.15) is 12.4 Å². The van der Waals surface area contributed by atoms with Crippen LogP contribution in [0.1, 0.15) is 11.4 Å². The fraction of sp³-hybridized carbons (Fsp3) is 0.286. The van der Waals surface area contributed by atoms with Crippen molar-refractivity contribution in [2.24, 2.45) is 0 Å². The Kier molecular flexibility index (Phi) is 6.36. The van der Waals surface area contributed by atoms with Crippen LogP contribution in [-0.2, 0) is 21.9 Å². The summed E-state index contributed by atoms with van der Waals surface area (Å²) >= 11 is 1.66. The Hall–Kier alpha value is -2.80. The van der Waals surface area contributed by atoms with Gasteiger partial charge in [0.15, 0.2) is 0 Å². The van der Waals surface area contributed by atoms with Crippen LogP contribution in [0, 0.1) is 6.92 Å². The number of hydrogen-bond donors (Lipinski definition) is 1. The summed E-state index contributed by atoms with van der Waals surface area (Å²) in [5.41, 5.74) is 3.65. The number of aryl methyl sites for hydroxylation is 1. The number of carbonyl (C=O) groups is 2. The van der Waals surface area contributed by atoms with Crippen LogP contribution in [0.2, 0.25) is 0 Å². The van der Waals surface area contributed by atoms with Crippen LogP contribution in [0.25, 0.3) is 11.0 Å². The maximum atomic E-state index is 12.7. The van der Waals surface area contributed by atoms with Gasteiger partial charge in [0.2, 0.25) is 11.8 Å². The summed E-state index contributed by atoms with van der Waals surface area (Å²) < 4.78 is 1.93. The van der Waals surface area contributed by atoms with Crippen molar-refractivity contribution < 1.29 is 9.59 Å². The molecule has 0 unspecified atom stereocenters. The van der Waals surface area contributed by atoms with Crippen molar-refractivity contribution in [1.29, 1.82) is 0 Å². The molecule has 0 saturated heterocycles. The van der Waals surface area contributed by atoms with Crippen LogP contribution in [0.5, 0.6) is 0 Å². The number of thioether (sulfide) groups is 1. The molecule has 146 valence electrons. The van der Waals surface area contributed by atoms with E-state index in [1.165, 1.54) is 4.90 Å². The van der Waals surface area contributed by atoms with Crippen molar-refractivity contribution in [2.75, 3.05) is 25.2 Å². The molecule has 0 aliphatic carbocycles. The summed E-state index contributed by atoms with van der Waals surface area (Å²) in [5, 5.41) is 2.82. The van der Waals surface area contributed by atoms with E-state index in [1.807, 2.05) is 66.3 Å². The first-order chi connectivity index (χ1) is 13.5. The van der Waals surface area contributed by atoms with Crippen molar-refractivity contribution in [3.05, 3.63) is 59.9 Å². The predicted octanol–water partition coefficient (Wildman–Crippen LogP) is 3.30. The lowest BCUT2D eigenvalue weighted by Gasteiger charge is -2.18. The van der Waals surface area contributed by atoms with E-state index < -0.39 is 0 Å². The number of fused-ring (bicyclic) bond motifs is 1. The van der Waals surface area contributed by atoms with E-state index in [1.54, 1.807) is 18.8 Å². The molecule has 1 aromatic heterocycles. The zero-order chi connectivity index (χ0) is 20.1. The van der Waals surface area contributed by atoms with Crippen molar-refractivity contribution in [1.82, 2.24) is 14.5 Å². The minimum Gasteiger partial charge on any atom is -0.335 e. The van der Waals surface area contributed by atoms with E-state index in [9.17, 15) is 9.59 Å². The average molecular weight is 397 g/mol. The smallest absolute Gasteiger partial charge is 0.243 e. The lowest BCUT2D eigenvalue weighted by atomic mass is 10.2. The number of hydrogen-bond acceptors (Lipinski definition) is 4. The number of nitrogens with one attached hydrogen (secondary N) is 1. The molecule has 0 radical (unpaired) electrons. The topological polar surface area (TPSA) is 67.2 Å². The molecule has 2 amide bonds. The van der Waals surface area contributed by atoms with E-state index in [0.29, 0.717) is 0 Å². The first-order valence-electron chi connectivity index (χ1n) is 9.01. The van der Waals surface area contributed by atoms with Gasteiger partial charge in [0.25, 0.3) is 0 Å². The first kappa shape index (κ1) is 19.9. The lowest BCUT2D eigenvalue weighted by Crippen LogP contribution is -2.37. The van der Waals surface area contributed by atoms with Crippen LogP contribution in [-0.4, -0.2) is 46.1 Å². The second-order valence-electron chi connectivity index (χ2n) is 6.70. The first-order valence-corrected chi connectivity index (χ1v) is 10.4. The number of benzene rings is 2. The highest BCUT2D eigenvalue weighted by Crippen LogP contribution is 2.19. The molecule has 0 spiro atoms. The molecule has 0 fully saturated rings. The van der Waals surface area contributed by atoms with Gasteiger partial charge < -0.3 is 14.8 Å². The van der Waals surface area contributed by atoms with Crippen molar-refractivity contribution in [3.8, 4) is 0 Å². The Labute approximate surface area is 168 Å². The number of amides is 2. The number of anilines is 1. The minimum absolute atomic E-state index is 0.00278. The lowest BCUT2D eigenvalue weighted by molar-refractivity contribution is -0.133. The molecule has 0 bridgehead atoms. The number of nitrogens with zero attached hydrogens (tertiary/aromatic N) is 3. The molecule has 28 heavy (non-hydrogen) atoms. The normalized spacial score (nSPS) is 10.8. The van der Waals surface area contributed by atoms with Crippen LogP contribution < -0.4 is 5.32 Å². The summed E-state index contributed by atoms with van der Waals surface area (Å²) in [6.07, 6.45) is 2.01. The van der Waals surface area contributed by atoms with Crippen LogP contribution in [0.15, 0.2) is 48.5 Å². The van der Waals surface area contributed by atoms with Crippen LogP contribution in [0.4, 0.5) is 5.69 Å². The highest BCUT2D eigenvalue weighted by molar-refractivity contribution is 7.97. The number of aromatic nitrogens is 2. The van der Waals surface area contributed by atoms with E-state index in [-0.39, 0.29) is 24.9 Å². The third kappa shape index (κ3) is 4.72. The zero-order valence-electron chi connectivity index (χ0n) is 16.3. The Morgan fingerprint density at radius 1 is 1.14 bits per heavy atom. The molecule has 3 aromatic rings. The van der Waals surface area contributed by atoms with Gasteiger partial charge in [-0.05, 0) is 37.4 Å². The third-order valence-electron chi connectivity index (χ3n) is 4.44. The van der Waals surface area contributed by atoms with E-state index in [2.05, 4.69) is 10.3 Å². The summed E-state index contributed by atoms with van der Waals surface area (Å²) in [6, 6.07) is 15.3. The number of carbonyl (C=O) groups excluding carboxylic acids is 2. The van der Waals surface area contributed by atoms with Gasteiger partial charge in [-0.25, -0.2) is 4.98 Å². The van der Waals surface area contributed by atoms with Crippen LogP contribution >= 0.6 is 11.8 Å². The summed E-state index contributed by atoms with van der Waals surface area (Å²) in [5.74, 6) is 1.23. The molecule has 1 N–H and O–H groups in total. The van der Waals surface area contributed by atoms with Gasteiger partial charge in [-0.3, -0.25) is 9.59 Å². The molecule has 6 nitrogen and oxygen atoms in total. The van der Waals surface area contributed by atoms with Gasteiger partial charge in [-0.2, -0.15) is 11.8 Å². The molecule has 2 aromatic carbocycles. The quantitative estimate of drug-likeness (QED) is 0.665. The number of imidazole rings is 1. The van der Waals surface area contributed by atoms with Gasteiger partial charge in [0.05, 0.1) is 23.3 Å². The monoisotopic (exact) mass is 396 g/mol. The van der Waals surface area contributed by atoms with Crippen molar-refractivity contribution >= 4 is 40.3 Å². The van der Waals surface area contributed by atoms with Gasteiger partial charge in [-0.15, -0.1) is 0 Å². The van der Waals surface area contributed by atoms with Crippen molar-refractivity contribution in [2.45, 2.75) is 19.2 Å². The van der Waals surface area contributed by atoms with Crippen LogP contribution in [0.3, 0.4) is 0 Å². The Balaban J connectivity index is 1.67. The van der Waals surface area contributed by atoms with Crippen molar-refractivity contribution in [3.63, 3.8) is 0 Å². The highest BCUT2D eigenvalue weighted by Gasteiger charge is 2.17. The molecule has 0 aliphatic rings. The van der Waals surface area contributed by atoms with E-state index in [4.69, 9.17) is 0 Å². The fourth-order valence-corrected chi connectivity index (χ4v) is 3.42. The van der Waals surface area contributed by atoms with E-state index >= 15 is 0 Å². The maximum absolute atomic E-state index is 12.7. The number of likely N-dealkylation sites (N-methyl/N-ethyl adjacent to an activating group) is 1. The molecule has 7 heteroatoms. The van der Waals surface area contributed by atoms with Gasteiger partial charge in [0, 0.05) is 12.7 Å². The SMILES string of the molecule is CSCc1nc2ccccc2n1CC(=O)N(C)CC(=O)Nc1ccc(C)cc1. The highest BCUT2D eigenvalue weighted by atomic mass is 32.2. The molecule has 0 atom stereocenters. The minimum atomic E-state index is -0.223. The standard InChI is InChI=1S/C21H24N4O2S/c1-15-8-10-16(11-9-15)22-20(26)12-24(2)21(27)13-25-18-7-5-4-6-17(18)23-19(25)14-28-3/h4-11H,12-14H2,1-3H3,(H,22,26). The molecule has 0 aliphatic heterocycles. The number of para-hydroxylation sites is 2. The zero-order valence-corrected chi connectivity index (χ0v) is 17.1. The Morgan fingerprint density at radius 2 is 1.86 bits per heavy atom. The Morgan fingerprint density at radius 3 is 2.57 bits per heavy atom. The predicted molar refractivity (Wildman–Crippen MR) is 114 cm³/mol. The summed E-state index contributed by atoms with van der Waals surface area (Å²) in [6.45, 7) is 2.14. The average Bonchev–Trinajstić information content (AvgIpc) is 3.01. The molecule has 3 rings (SSSR count). The molecule has 0 saturated carbocycles. The summed E-state index contributed by atoms with van der Waals surface area (Å²) in [7, 11) is 1.64. The molecular formula is C21H24N4O2S. The van der Waals surface area contributed by atoms with E-state index in [0.717, 1.165) is 33.9 Å². The molecule has 1 heterocycles. The maximum Gasteiger partial charge on any atom is 0.243 e. The largest absolute Gasteiger partial charge is 0.335 e. The second kappa shape index (κ2) is 8.93. The fourth-order valence-electron chi connectivity index (χ4n) is 2.94. The molecular weight excluding hydrogens is 372 g/mol. The second-order valence-corrected chi connectivity index (χ2v) is 7.57.